The van der Waals surface area contributed by atoms with Crippen LogP contribution in [0.3, 0.4) is 0 Å². The Hall–Kier alpha value is -2.74. The quantitative estimate of drug-likeness (QED) is 0.783. The highest BCUT2D eigenvalue weighted by Crippen LogP contribution is 2.43. The third-order valence-corrected chi connectivity index (χ3v) is 8.37. The number of hydrogen-bond donors (Lipinski definition) is 1. The number of hydrogen-bond acceptors (Lipinski definition) is 5. The van der Waals surface area contributed by atoms with Gasteiger partial charge in [0.25, 0.3) is 5.91 Å². The summed E-state index contributed by atoms with van der Waals surface area (Å²) in [6.07, 6.45) is 5.35. The number of rotatable bonds is 4. The summed E-state index contributed by atoms with van der Waals surface area (Å²) >= 11 is 0. The predicted octanol–water partition coefficient (Wildman–Crippen LogP) is 3.54. The zero-order chi connectivity index (χ0) is 21.5. The first-order valence-corrected chi connectivity index (χ1v) is 12.4. The van der Waals surface area contributed by atoms with Crippen molar-refractivity contribution in [2.24, 2.45) is 0 Å². The summed E-state index contributed by atoms with van der Waals surface area (Å²) in [5.41, 5.74) is 1.72. The molecule has 2 fully saturated rings. The molecule has 0 unspecified atom stereocenters. The van der Waals surface area contributed by atoms with Crippen molar-refractivity contribution < 1.29 is 22.7 Å². The lowest BCUT2D eigenvalue weighted by Gasteiger charge is -2.31. The Morgan fingerprint density at radius 3 is 2.42 bits per heavy atom. The van der Waals surface area contributed by atoms with Gasteiger partial charge in [-0.05, 0) is 67.6 Å². The second-order valence-corrected chi connectivity index (χ2v) is 10.5. The van der Waals surface area contributed by atoms with Crippen LogP contribution in [0.5, 0.6) is 11.5 Å². The van der Waals surface area contributed by atoms with E-state index in [2.05, 4.69) is 5.32 Å². The van der Waals surface area contributed by atoms with Crippen molar-refractivity contribution in [2.45, 2.75) is 44.1 Å². The van der Waals surface area contributed by atoms with Crippen molar-refractivity contribution in [3.05, 3.63) is 53.6 Å². The number of carbonyl (C=O) groups excluding carboxylic acids is 1. The molecule has 3 aliphatic rings. The Morgan fingerprint density at radius 1 is 0.935 bits per heavy atom. The predicted molar refractivity (Wildman–Crippen MR) is 117 cm³/mol. The molecule has 7 nitrogen and oxygen atoms in total. The van der Waals surface area contributed by atoms with E-state index in [0.717, 1.165) is 43.4 Å². The van der Waals surface area contributed by atoms with Gasteiger partial charge in [-0.1, -0.05) is 18.9 Å². The maximum atomic E-state index is 13.1. The van der Waals surface area contributed by atoms with Crippen LogP contribution in [0.15, 0.2) is 42.5 Å². The lowest BCUT2D eigenvalue weighted by Crippen LogP contribution is -2.43. The first kappa shape index (κ1) is 20.2. The number of anilines is 1. The fraction of sp³-hybridized carbons (Fsp3) is 0.435. The summed E-state index contributed by atoms with van der Waals surface area (Å²) in [5.74, 6) is 1.46. The van der Waals surface area contributed by atoms with Crippen LogP contribution in [0, 0.1) is 0 Å². The number of carbonyl (C=O) groups is 1. The minimum absolute atomic E-state index is 0.160. The van der Waals surface area contributed by atoms with Gasteiger partial charge in [-0.25, -0.2) is 8.42 Å². The fourth-order valence-electron chi connectivity index (χ4n) is 4.81. The molecule has 0 radical (unpaired) electrons. The van der Waals surface area contributed by atoms with Gasteiger partial charge < -0.3 is 14.8 Å². The van der Waals surface area contributed by atoms with E-state index >= 15 is 0 Å². The van der Waals surface area contributed by atoms with E-state index in [4.69, 9.17) is 9.47 Å². The minimum Gasteiger partial charge on any atom is -0.454 e. The summed E-state index contributed by atoms with van der Waals surface area (Å²) in [6, 6.07) is 12.7. The Labute approximate surface area is 182 Å². The van der Waals surface area contributed by atoms with Crippen molar-refractivity contribution >= 4 is 21.6 Å². The molecule has 5 rings (SSSR count). The summed E-state index contributed by atoms with van der Waals surface area (Å²) in [7, 11) is -3.27. The van der Waals surface area contributed by atoms with Crippen LogP contribution >= 0.6 is 0 Å². The van der Waals surface area contributed by atoms with E-state index in [0.29, 0.717) is 30.0 Å². The molecule has 1 saturated heterocycles. The molecule has 2 heterocycles. The molecule has 2 aliphatic heterocycles. The van der Waals surface area contributed by atoms with Gasteiger partial charge in [0, 0.05) is 12.1 Å². The van der Waals surface area contributed by atoms with E-state index in [9.17, 15) is 13.2 Å². The summed E-state index contributed by atoms with van der Waals surface area (Å²) in [5, 5.41) is 3.26. The minimum atomic E-state index is -3.27. The van der Waals surface area contributed by atoms with E-state index in [1.54, 1.807) is 24.3 Å². The highest BCUT2D eigenvalue weighted by atomic mass is 32.2. The number of benzene rings is 2. The molecule has 0 aromatic heterocycles. The molecule has 1 saturated carbocycles. The lowest BCUT2D eigenvalue weighted by molar-refractivity contribution is 0.0898. The maximum absolute atomic E-state index is 13.1. The number of nitrogens with zero attached hydrogens (tertiary/aromatic N) is 1. The van der Waals surface area contributed by atoms with E-state index < -0.39 is 15.6 Å². The Balaban J connectivity index is 1.37. The second kappa shape index (κ2) is 7.75. The number of fused-ring (bicyclic) bond motifs is 1. The molecule has 164 valence electrons. The Bertz CT molecular complexity index is 1090. The monoisotopic (exact) mass is 442 g/mol. The maximum Gasteiger partial charge on any atom is 0.251 e. The third-order valence-electron chi connectivity index (χ3n) is 6.50. The van der Waals surface area contributed by atoms with Crippen molar-refractivity contribution in [3.8, 4) is 11.5 Å². The van der Waals surface area contributed by atoms with E-state index in [1.165, 1.54) is 4.31 Å². The zero-order valence-electron chi connectivity index (χ0n) is 17.3. The highest BCUT2D eigenvalue weighted by molar-refractivity contribution is 7.92. The molecular formula is C23H26N2O5S. The largest absolute Gasteiger partial charge is 0.454 e. The summed E-state index contributed by atoms with van der Waals surface area (Å²) in [6.45, 7) is 0.707. The van der Waals surface area contributed by atoms with Gasteiger partial charge in [0.1, 0.15) is 0 Å². The Kier molecular flexibility index (Phi) is 5.04. The summed E-state index contributed by atoms with van der Waals surface area (Å²) in [4.78, 5) is 13.1. The van der Waals surface area contributed by atoms with Gasteiger partial charge in [-0.15, -0.1) is 0 Å². The second-order valence-electron chi connectivity index (χ2n) is 8.45. The van der Waals surface area contributed by atoms with Gasteiger partial charge in [0.2, 0.25) is 16.8 Å². The number of sulfonamides is 1. The number of ether oxygens (including phenoxy) is 2. The van der Waals surface area contributed by atoms with Crippen LogP contribution < -0.4 is 19.1 Å². The van der Waals surface area contributed by atoms with Crippen LogP contribution in [0.1, 0.15) is 54.4 Å². The smallest absolute Gasteiger partial charge is 0.251 e. The standard InChI is InChI=1S/C23H26N2O5S/c26-22(17-5-8-19(9-6-17)25-13-3-4-14-31(25,27)28)24-23(11-1-2-12-23)18-7-10-20-21(15-18)30-16-29-20/h5-10,15H,1-4,11-14,16H2,(H,24,26). The van der Waals surface area contributed by atoms with Crippen molar-refractivity contribution in [1.82, 2.24) is 5.32 Å². The Morgan fingerprint density at radius 2 is 1.68 bits per heavy atom. The van der Waals surface area contributed by atoms with Crippen LogP contribution in [-0.4, -0.2) is 33.4 Å². The number of nitrogens with one attached hydrogen (secondary N) is 1. The van der Waals surface area contributed by atoms with Crippen molar-refractivity contribution in [2.75, 3.05) is 23.4 Å². The fourth-order valence-corrected chi connectivity index (χ4v) is 6.45. The molecular weight excluding hydrogens is 416 g/mol. The molecule has 0 bridgehead atoms. The molecule has 1 aliphatic carbocycles. The number of amides is 1. The molecule has 2 aromatic carbocycles. The molecule has 1 amide bonds. The molecule has 0 atom stereocenters. The molecule has 2 aromatic rings. The van der Waals surface area contributed by atoms with Gasteiger partial charge in [-0.2, -0.15) is 0 Å². The lowest BCUT2D eigenvalue weighted by atomic mass is 9.87. The van der Waals surface area contributed by atoms with Crippen LogP contribution in [0.25, 0.3) is 0 Å². The van der Waals surface area contributed by atoms with Gasteiger partial charge in [-0.3, -0.25) is 9.10 Å². The van der Waals surface area contributed by atoms with Crippen LogP contribution in [-0.2, 0) is 15.6 Å². The third kappa shape index (κ3) is 3.73. The highest BCUT2D eigenvalue weighted by Gasteiger charge is 2.38. The summed E-state index contributed by atoms with van der Waals surface area (Å²) < 4.78 is 37.1. The van der Waals surface area contributed by atoms with Crippen LogP contribution in [0.4, 0.5) is 5.69 Å². The average Bonchev–Trinajstić information content (AvgIpc) is 3.43. The van der Waals surface area contributed by atoms with Crippen molar-refractivity contribution in [3.63, 3.8) is 0 Å². The SMILES string of the molecule is O=C(NC1(c2ccc3c(c2)OCO3)CCCC1)c1ccc(N2CCCCS2(=O)=O)cc1. The molecule has 1 N–H and O–H groups in total. The first-order valence-electron chi connectivity index (χ1n) is 10.8. The van der Waals surface area contributed by atoms with E-state index in [1.807, 2.05) is 18.2 Å². The average molecular weight is 443 g/mol. The van der Waals surface area contributed by atoms with Crippen LogP contribution in [0.2, 0.25) is 0 Å². The normalized spacial score (nSPS) is 21.1. The van der Waals surface area contributed by atoms with Crippen molar-refractivity contribution in [1.29, 1.82) is 0 Å². The molecule has 31 heavy (non-hydrogen) atoms. The first-order chi connectivity index (χ1) is 15.0. The zero-order valence-corrected chi connectivity index (χ0v) is 18.1. The van der Waals surface area contributed by atoms with E-state index in [-0.39, 0.29) is 18.5 Å². The molecule has 0 spiro atoms. The molecule has 8 heteroatoms. The van der Waals surface area contributed by atoms with Gasteiger partial charge in [0.05, 0.1) is 17.0 Å². The topological polar surface area (TPSA) is 84.9 Å². The van der Waals surface area contributed by atoms with Gasteiger partial charge in [0.15, 0.2) is 11.5 Å². The van der Waals surface area contributed by atoms with Gasteiger partial charge >= 0.3 is 0 Å².